The highest BCUT2D eigenvalue weighted by Gasteiger charge is 2.00. The molecule has 3 heteroatoms. The van der Waals surface area contributed by atoms with Crippen molar-refractivity contribution < 1.29 is 4.74 Å². The van der Waals surface area contributed by atoms with Crippen LogP contribution in [0.15, 0.2) is 24.3 Å². The average Bonchev–Trinajstić information content (AvgIpc) is 2.19. The van der Waals surface area contributed by atoms with Crippen molar-refractivity contribution in [2.75, 3.05) is 7.11 Å². The summed E-state index contributed by atoms with van der Waals surface area (Å²) in [5.74, 6) is 6.19. The van der Waals surface area contributed by atoms with Gasteiger partial charge >= 0.3 is 0 Å². The SMILES string of the molecule is COc1ccc(CC(C)NN)cc1. The number of rotatable bonds is 4. The molecule has 0 aliphatic rings. The van der Waals surface area contributed by atoms with Crippen molar-refractivity contribution >= 4 is 0 Å². The Bertz CT molecular complexity index is 246. The molecule has 1 aromatic rings. The summed E-state index contributed by atoms with van der Waals surface area (Å²) >= 11 is 0. The molecule has 0 aliphatic carbocycles. The Balaban J connectivity index is 2.58. The lowest BCUT2D eigenvalue weighted by Gasteiger charge is -2.09. The van der Waals surface area contributed by atoms with Crippen LogP contribution in [-0.4, -0.2) is 13.2 Å². The molecule has 0 saturated carbocycles. The first-order valence-corrected chi connectivity index (χ1v) is 4.35. The summed E-state index contributed by atoms with van der Waals surface area (Å²) in [5.41, 5.74) is 3.97. The molecule has 72 valence electrons. The van der Waals surface area contributed by atoms with Gasteiger partial charge in [0.15, 0.2) is 0 Å². The second kappa shape index (κ2) is 4.84. The lowest BCUT2D eigenvalue weighted by molar-refractivity contribution is 0.414. The molecule has 0 amide bonds. The van der Waals surface area contributed by atoms with E-state index < -0.39 is 0 Å². The van der Waals surface area contributed by atoms with Gasteiger partial charge in [-0.15, -0.1) is 0 Å². The van der Waals surface area contributed by atoms with Gasteiger partial charge in [-0.1, -0.05) is 12.1 Å². The minimum Gasteiger partial charge on any atom is -0.497 e. The third-order valence-electron chi connectivity index (χ3n) is 1.99. The fourth-order valence-electron chi connectivity index (χ4n) is 1.17. The van der Waals surface area contributed by atoms with Crippen LogP contribution in [0.5, 0.6) is 5.75 Å². The number of hydrogen-bond acceptors (Lipinski definition) is 3. The normalized spacial score (nSPS) is 12.5. The zero-order chi connectivity index (χ0) is 9.68. The van der Waals surface area contributed by atoms with Gasteiger partial charge in [-0.3, -0.25) is 11.3 Å². The summed E-state index contributed by atoms with van der Waals surface area (Å²) in [5, 5.41) is 0. The third-order valence-corrected chi connectivity index (χ3v) is 1.99. The molecule has 0 aromatic heterocycles. The van der Waals surface area contributed by atoms with Crippen molar-refractivity contribution in [3.8, 4) is 5.75 Å². The van der Waals surface area contributed by atoms with Gasteiger partial charge in [0.1, 0.15) is 5.75 Å². The van der Waals surface area contributed by atoms with Crippen molar-refractivity contribution in [2.45, 2.75) is 19.4 Å². The molecule has 0 saturated heterocycles. The molecular weight excluding hydrogens is 164 g/mol. The van der Waals surface area contributed by atoms with Crippen molar-refractivity contribution in [1.29, 1.82) is 0 Å². The summed E-state index contributed by atoms with van der Waals surface area (Å²) in [7, 11) is 1.67. The summed E-state index contributed by atoms with van der Waals surface area (Å²) < 4.78 is 5.06. The van der Waals surface area contributed by atoms with E-state index in [1.807, 2.05) is 31.2 Å². The van der Waals surface area contributed by atoms with Crippen LogP contribution in [0.2, 0.25) is 0 Å². The van der Waals surface area contributed by atoms with Crippen LogP contribution in [0.3, 0.4) is 0 Å². The number of hydrazine groups is 1. The lowest BCUT2D eigenvalue weighted by atomic mass is 10.1. The summed E-state index contributed by atoms with van der Waals surface area (Å²) in [6.45, 7) is 2.05. The second-order valence-corrected chi connectivity index (χ2v) is 3.12. The van der Waals surface area contributed by atoms with E-state index in [1.165, 1.54) is 5.56 Å². The zero-order valence-electron chi connectivity index (χ0n) is 8.08. The first kappa shape index (κ1) is 10.0. The van der Waals surface area contributed by atoms with E-state index >= 15 is 0 Å². The number of nitrogens with two attached hydrogens (primary N) is 1. The summed E-state index contributed by atoms with van der Waals surface area (Å²) in [6, 6.07) is 8.31. The molecule has 0 fully saturated rings. The Hall–Kier alpha value is -1.06. The fraction of sp³-hybridized carbons (Fsp3) is 0.400. The molecule has 0 heterocycles. The van der Waals surface area contributed by atoms with Gasteiger partial charge < -0.3 is 4.74 Å². The van der Waals surface area contributed by atoms with Crippen LogP contribution in [-0.2, 0) is 6.42 Å². The number of ether oxygens (including phenoxy) is 1. The number of hydrogen-bond donors (Lipinski definition) is 2. The molecular formula is C10H16N2O. The number of benzene rings is 1. The van der Waals surface area contributed by atoms with Gasteiger partial charge in [-0.2, -0.15) is 0 Å². The Morgan fingerprint density at radius 1 is 1.38 bits per heavy atom. The Morgan fingerprint density at radius 2 is 2.00 bits per heavy atom. The molecule has 13 heavy (non-hydrogen) atoms. The van der Waals surface area contributed by atoms with Crippen LogP contribution in [0, 0.1) is 0 Å². The van der Waals surface area contributed by atoms with E-state index in [2.05, 4.69) is 5.43 Å². The van der Waals surface area contributed by atoms with Crippen LogP contribution in [0.4, 0.5) is 0 Å². The molecule has 3 nitrogen and oxygen atoms in total. The van der Waals surface area contributed by atoms with Gasteiger partial charge in [0.25, 0.3) is 0 Å². The molecule has 0 bridgehead atoms. The summed E-state index contributed by atoms with van der Waals surface area (Å²) in [6.07, 6.45) is 0.931. The first-order valence-electron chi connectivity index (χ1n) is 4.35. The van der Waals surface area contributed by atoms with E-state index in [0.717, 1.165) is 12.2 Å². The van der Waals surface area contributed by atoms with Crippen molar-refractivity contribution in [1.82, 2.24) is 5.43 Å². The van der Waals surface area contributed by atoms with E-state index in [0.29, 0.717) is 6.04 Å². The minimum atomic E-state index is 0.299. The Labute approximate surface area is 78.9 Å². The van der Waals surface area contributed by atoms with Crippen LogP contribution >= 0.6 is 0 Å². The highest BCUT2D eigenvalue weighted by molar-refractivity contribution is 5.27. The van der Waals surface area contributed by atoms with Crippen molar-refractivity contribution in [2.24, 2.45) is 5.84 Å². The topological polar surface area (TPSA) is 47.3 Å². The van der Waals surface area contributed by atoms with Crippen molar-refractivity contribution in [3.63, 3.8) is 0 Å². The van der Waals surface area contributed by atoms with Crippen molar-refractivity contribution in [3.05, 3.63) is 29.8 Å². The Morgan fingerprint density at radius 3 is 2.46 bits per heavy atom. The standard InChI is InChI=1S/C10H16N2O/c1-8(12-11)7-9-3-5-10(13-2)6-4-9/h3-6,8,12H,7,11H2,1-2H3. The van der Waals surface area contributed by atoms with Gasteiger partial charge in [0, 0.05) is 6.04 Å². The van der Waals surface area contributed by atoms with Crippen LogP contribution < -0.4 is 16.0 Å². The van der Waals surface area contributed by atoms with Gasteiger partial charge in [-0.05, 0) is 31.0 Å². The van der Waals surface area contributed by atoms with Crippen LogP contribution in [0.1, 0.15) is 12.5 Å². The van der Waals surface area contributed by atoms with E-state index in [9.17, 15) is 0 Å². The quantitative estimate of drug-likeness (QED) is 0.538. The van der Waals surface area contributed by atoms with Gasteiger partial charge in [0.2, 0.25) is 0 Å². The molecule has 1 rings (SSSR count). The fourth-order valence-corrected chi connectivity index (χ4v) is 1.17. The molecule has 3 N–H and O–H groups in total. The van der Waals surface area contributed by atoms with Gasteiger partial charge in [-0.25, -0.2) is 0 Å². The largest absolute Gasteiger partial charge is 0.497 e. The molecule has 1 aromatic carbocycles. The maximum absolute atomic E-state index is 5.30. The number of nitrogens with one attached hydrogen (secondary N) is 1. The van der Waals surface area contributed by atoms with Crippen LogP contribution in [0.25, 0.3) is 0 Å². The maximum atomic E-state index is 5.30. The predicted octanol–water partition coefficient (Wildman–Crippen LogP) is 1.09. The van der Waals surface area contributed by atoms with E-state index in [4.69, 9.17) is 10.6 Å². The smallest absolute Gasteiger partial charge is 0.118 e. The third kappa shape index (κ3) is 3.05. The predicted molar refractivity (Wildman–Crippen MR) is 53.5 cm³/mol. The molecule has 1 atom stereocenters. The minimum absolute atomic E-state index is 0.299. The second-order valence-electron chi connectivity index (χ2n) is 3.12. The van der Waals surface area contributed by atoms with E-state index in [1.54, 1.807) is 7.11 Å². The lowest BCUT2D eigenvalue weighted by Crippen LogP contribution is -2.33. The molecule has 0 radical (unpaired) electrons. The molecule has 1 unspecified atom stereocenters. The highest BCUT2D eigenvalue weighted by Crippen LogP contribution is 2.12. The zero-order valence-corrected chi connectivity index (χ0v) is 8.08. The average molecular weight is 180 g/mol. The first-order chi connectivity index (χ1) is 6.26. The molecule has 0 aliphatic heterocycles. The Kier molecular flexibility index (Phi) is 3.73. The van der Waals surface area contributed by atoms with Gasteiger partial charge in [0.05, 0.1) is 7.11 Å². The maximum Gasteiger partial charge on any atom is 0.118 e. The monoisotopic (exact) mass is 180 g/mol. The number of methoxy groups -OCH3 is 1. The highest BCUT2D eigenvalue weighted by atomic mass is 16.5. The summed E-state index contributed by atoms with van der Waals surface area (Å²) in [4.78, 5) is 0. The van der Waals surface area contributed by atoms with E-state index in [-0.39, 0.29) is 0 Å². The molecule has 0 spiro atoms.